The Morgan fingerprint density at radius 1 is 1.21 bits per heavy atom. The minimum Gasteiger partial charge on any atom is -0.334 e. The molecule has 0 aliphatic carbocycles. The number of nitrogens with zero attached hydrogens (tertiary/aromatic N) is 1. The number of benzene rings is 1. The van der Waals surface area contributed by atoms with E-state index in [-0.39, 0.29) is 16.2 Å². The fourth-order valence-electron chi connectivity index (χ4n) is 2.35. The Labute approximate surface area is 113 Å². The van der Waals surface area contributed by atoms with Crippen LogP contribution in [-0.4, -0.2) is 15.9 Å². The van der Waals surface area contributed by atoms with Crippen LogP contribution in [0.1, 0.15) is 21.6 Å². The van der Waals surface area contributed by atoms with Gasteiger partial charge in [0, 0.05) is 11.3 Å². The molecule has 1 aliphatic heterocycles. The molecule has 2 aromatic rings. The third kappa shape index (κ3) is 1.80. The van der Waals surface area contributed by atoms with E-state index in [2.05, 4.69) is 9.97 Å². The maximum Gasteiger partial charge on any atom is 0.275 e. The fourth-order valence-corrected chi connectivity index (χ4v) is 2.60. The van der Waals surface area contributed by atoms with Crippen LogP contribution < -0.4 is 10.5 Å². The van der Waals surface area contributed by atoms with Crippen molar-refractivity contribution in [3.05, 3.63) is 56.2 Å². The van der Waals surface area contributed by atoms with Gasteiger partial charge in [-0.1, -0.05) is 18.2 Å². The lowest BCUT2D eigenvalue weighted by Gasteiger charge is -2.16. The number of aromatic nitrogens is 2. The Bertz CT molecular complexity index is 791. The van der Waals surface area contributed by atoms with Crippen molar-refractivity contribution in [1.82, 2.24) is 9.97 Å². The summed E-state index contributed by atoms with van der Waals surface area (Å²) in [6.45, 7) is 2.14. The van der Waals surface area contributed by atoms with Gasteiger partial charge in [0.15, 0.2) is 4.77 Å². The topological polar surface area (TPSA) is 69.0 Å². The van der Waals surface area contributed by atoms with E-state index >= 15 is 0 Å². The number of H-pyrrole nitrogens is 2. The Morgan fingerprint density at radius 3 is 2.63 bits per heavy atom. The summed E-state index contributed by atoms with van der Waals surface area (Å²) in [7, 11) is 0. The Balaban J connectivity index is 2.15. The summed E-state index contributed by atoms with van der Waals surface area (Å²) in [6.07, 6.45) is 0. The van der Waals surface area contributed by atoms with Crippen molar-refractivity contribution in [3.63, 3.8) is 0 Å². The standard InChI is InChI=1S/C13H11N3O2S/c1-7-10(11(17)15-13(19)14-7)16-6-8-4-2-3-5-9(8)12(16)18/h2-5H,6H2,1H3,(H2,14,15,17,19). The molecule has 0 bridgehead atoms. The first-order chi connectivity index (χ1) is 9.08. The normalized spacial score (nSPS) is 13.7. The Kier molecular flexibility index (Phi) is 2.60. The molecule has 1 amide bonds. The summed E-state index contributed by atoms with van der Waals surface area (Å²) in [5, 5.41) is 0. The van der Waals surface area contributed by atoms with Gasteiger partial charge in [-0.2, -0.15) is 0 Å². The predicted molar refractivity (Wildman–Crippen MR) is 73.9 cm³/mol. The van der Waals surface area contributed by atoms with Gasteiger partial charge >= 0.3 is 0 Å². The number of amides is 1. The van der Waals surface area contributed by atoms with E-state index in [0.717, 1.165) is 5.56 Å². The minimum absolute atomic E-state index is 0.158. The molecule has 19 heavy (non-hydrogen) atoms. The zero-order valence-electron chi connectivity index (χ0n) is 10.2. The summed E-state index contributed by atoms with van der Waals surface area (Å²) in [5.41, 5.74) is 2.14. The van der Waals surface area contributed by atoms with Crippen LogP contribution in [0, 0.1) is 11.7 Å². The van der Waals surface area contributed by atoms with Crippen LogP contribution in [0.3, 0.4) is 0 Å². The average molecular weight is 273 g/mol. The monoisotopic (exact) mass is 273 g/mol. The van der Waals surface area contributed by atoms with Crippen molar-refractivity contribution in [1.29, 1.82) is 0 Å². The second-order valence-electron chi connectivity index (χ2n) is 4.43. The van der Waals surface area contributed by atoms with Gasteiger partial charge in [-0.05, 0) is 30.8 Å². The lowest BCUT2D eigenvalue weighted by Crippen LogP contribution is -2.30. The molecule has 1 aliphatic rings. The van der Waals surface area contributed by atoms with Crippen LogP contribution >= 0.6 is 12.2 Å². The van der Waals surface area contributed by atoms with Crippen LogP contribution in [0.15, 0.2) is 29.1 Å². The summed E-state index contributed by atoms with van der Waals surface area (Å²) >= 11 is 4.91. The number of carbonyl (C=O) groups excluding carboxylic acids is 1. The first-order valence-electron chi connectivity index (χ1n) is 5.81. The molecule has 2 heterocycles. The van der Waals surface area contributed by atoms with Crippen LogP contribution in [-0.2, 0) is 6.54 Å². The highest BCUT2D eigenvalue weighted by molar-refractivity contribution is 7.71. The number of carbonyl (C=O) groups is 1. The molecular weight excluding hydrogens is 262 g/mol. The molecule has 0 saturated heterocycles. The van der Waals surface area contributed by atoms with Crippen LogP contribution in [0.4, 0.5) is 5.69 Å². The molecule has 0 spiro atoms. The summed E-state index contributed by atoms with van der Waals surface area (Å²) in [6, 6.07) is 7.36. The van der Waals surface area contributed by atoms with Crippen molar-refractivity contribution >= 4 is 23.8 Å². The second-order valence-corrected chi connectivity index (χ2v) is 4.84. The van der Waals surface area contributed by atoms with Gasteiger partial charge in [-0.3, -0.25) is 19.5 Å². The van der Waals surface area contributed by atoms with Crippen molar-refractivity contribution < 1.29 is 4.79 Å². The van der Waals surface area contributed by atoms with Gasteiger partial charge in [-0.25, -0.2) is 0 Å². The predicted octanol–water partition coefficient (Wildman–Crippen LogP) is 1.90. The quantitative estimate of drug-likeness (QED) is 0.780. The van der Waals surface area contributed by atoms with Crippen molar-refractivity contribution in [2.75, 3.05) is 4.90 Å². The highest BCUT2D eigenvalue weighted by Crippen LogP contribution is 2.26. The van der Waals surface area contributed by atoms with Crippen molar-refractivity contribution in [2.24, 2.45) is 0 Å². The average Bonchev–Trinajstić information content (AvgIpc) is 2.66. The molecule has 1 aromatic carbocycles. The van der Waals surface area contributed by atoms with E-state index in [1.54, 1.807) is 13.0 Å². The molecule has 0 atom stereocenters. The molecule has 3 rings (SSSR count). The molecule has 1 aromatic heterocycles. The fraction of sp³-hybridized carbons (Fsp3) is 0.154. The van der Waals surface area contributed by atoms with Gasteiger partial charge in [0.2, 0.25) is 0 Å². The first kappa shape index (κ1) is 11.9. The SMILES string of the molecule is Cc1[nH]c(=S)[nH]c(=O)c1N1Cc2ccccc2C1=O. The zero-order chi connectivity index (χ0) is 13.6. The molecule has 5 nitrogen and oxygen atoms in total. The number of nitrogens with one attached hydrogen (secondary N) is 2. The Hall–Kier alpha value is -2.21. The molecule has 96 valence electrons. The van der Waals surface area contributed by atoms with Gasteiger partial charge in [0.1, 0.15) is 5.69 Å². The van der Waals surface area contributed by atoms with E-state index < -0.39 is 0 Å². The lowest BCUT2D eigenvalue weighted by atomic mass is 10.1. The number of anilines is 1. The van der Waals surface area contributed by atoms with E-state index in [9.17, 15) is 9.59 Å². The highest BCUT2D eigenvalue weighted by atomic mass is 32.1. The number of rotatable bonds is 1. The number of hydrogen-bond acceptors (Lipinski definition) is 3. The molecule has 0 radical (unpaired) electrons. The van der Waals surface area contributed by atoms with Crippen LogP contribution in [0.2, 0.25) is 0 Å². The number of aromatic amines is 2. The molecule has 0 unspecified atom stereocenters. The maximum absolute atomic E-state index is 12.3. The maximum atomic E-state index is 12.3. The van der Waals surface area contributed by atoms with E-state index in [0.29, 0.717) is 23.5 Å². The van der Waals surface area contributed by atoms with E-state index in [1.165, 1.54) is 4.90 Å². The Morgan fingerprint density at radius 2 is 1.95 bits per heavy atom. The van der Waals surface area contributed by atoms with Gasteiger partial charge in [-0.15, -0.1) is 0 Å². The molecule has 0 fully saturated rings. The lowest BCUT2D eigenvalue weighted by molar-refractivity contribution is 0.0996. The largest absolute Gasteiger partial charge is 0.334 e. The third-order valence-electron chi connectivity index (χ3n) is 3.19. The number of aryl methyl sites for hydroxylation is 1. The van der Waals surface area contributed by atoms with Crippen molar-refractivity contribution in [3.8, 4) is 0 Å². The molecule has 2 N–H and O–H groups in total. The molecular formula is C13H11N3O2S. The first-order valence-corrected chi connectivity index (χ1v) is 6.21. The van der Waals surface area contributed by atoms with Gasteiger partial charge in [0.25, 0.3) is 11.5 Å². The zero-order valence-corrected chi connectivity index (χ0v) is 11.0. The van der Waals surface area contributed by atoms with Gasteiger partial charge in [0.05, 0.1) is 6.54 Å². The smallest absolute Gasteiger partial charge is 0.275 e. The highest BCUT2D eigenvalue weighted by Gasteiger charge is 2.30. The molecule has 6 heteroatoms. The number of hydrogen-bond donors (Lipinski definition) is 2. The summed E-state index contributed by atoms with van der Waals surface area (Å²) in [5.74, 6) is -0.158. The minimum atomic E-state index is -0.345. The summed E-state index contributed by atoms with van der Waals surface area (Å²) in [4.78, 5) is 31.2. The van der Waals surface area contributed by atoms with Crippen LogP contribution in [0.25, 0.3) is 0 Å². The number of fused-ring (bicyclic) bond motifs is 1. The second kappa shape index (κ2) is 4.17. The van der Waals surface area contributed by atoms with Gasteiger partial charge < -0.3 is 4.98 Å². The van der Waals surface area contributed by atoms with Crippen LogP contribution in [0.5, 0.6) is 0 Å². The molecule has 0 saturated carbocycles. The summed E-state index contributed by atoms with van der Waals surface area (Å²) < 4.78 is 0.260. The van der Waals surface area contributed by atoms with E-state index in [1.807, 2.05) is 18.2 Å². The third-order valence-corrected chi connectivity index (χ3v) is 3.39. The van der Waals surface area contributed by atoms with E-state index in [4.69, 9.17) is 12.2 Å². The van der Waals surface area contributed by atoms with Crippen molar-refractivity contribution in [2.45, 2.75) is 13.5 Å².